The second kappa shape index (κ2) is 7.90. The molecule has 4 rings (SSSR count). The Morgan fingerprint density at radius 1 is 1.13 bits per heavy atom. The van der Waals surface area contributed by atoms with Gasteiger partial charge < -0.3 is 15.0 Å². The van der Waals surface area contributed by atoms with E-state index >= 15 is 0 Å². The molecular weight excluding hydrogens is 430 g/mol. The molecule has 2 aliphatic heterocycles. The van der Waals surface area contributed by atoms with Crippen molar-refractivity contribution in [1.29, 1.82) is 0 Å². The second-order valence-electron chi connectivity index (χ2n) is 7.09. The van der Waals surface area contributed by atoms with Crippen molar-refractivity contribution in [2.24, 2.45) is 0 Å². The van der Waals surface area contributed by atoms with Crippen LogP contribution in [-0.4, -0.2) is 61.7 Å². The van der Waals surface area contributed by atoms with Crippen molar-refractivity contribution in [1.82, 2.24) is 9.21 Å². The molecule has 1 saturated heterocycles. The molecule has 0 aromatic heterocycles. The first kappa shape index (κ1) is 20.6. The Morgan fingerprint density at radius 2 is 1.80 bits per heavy atom. The molecule has 158 valence electrons. The van der Waals surface area contributed by atoms with Gasteiger partial charge in [-0.25, -0.2) is 8.42 Å². The summed E-state index contributed by atoms with van der Waals surface area (Å²) in [7, 11) is -3.90. The summed E-state index contributed by atoms with van der Waals surface area (Å²) in [6.45, 7) is 2.44. The Labute approximate surface area is 179 Å². The zero-order valence-electron chi connectivity index (χ0n) is 16.2. The van der Waals surface area contributed by atoms with Gasteiger partial charge in [-0.15, -0.1) is 0 Å². The van der Waals surface area contributed by atoms with Gasteiger partial charge in [-0.1, -0.05) is 29.8 Å². The monoisotopic (exact) mass is 449 g/mol. The maximum atomic E-state index is 13.2. The summed E-state index contributed by atoms with van der Waals surface area (Å²) in [6, 6.07) is 11.6. The Bertz CT molecular complexity index is 1100. The number of ether oxygens (including phenoxy) is 1. The number of fused-ring (bicyclic) bond motifs is 1. The number of amides is 2. The Kier molecular flexibility index (Phi) is 5.44. The van der Waals surface area contributed by atoms with Gasteiger partial charge in [0.05, 0.1) is 10.7 Å². The average Bonchev–Trinajstić information content (AvgIpc) is 2.74. The highest BCUT2D eigenvalue weighted by molar-refractivity contribution is 7.89. The van der Waals surface area contributed by atoms with Crippen LogP contribution >= 0.6 is 11.6 Å². The number of halogens is 1. The van der Waals surface area contributed by atoms with E-state index in [4.69, 9.17) is 16.3 Å². The molecule has 2 aromatic carbocycles. The summed E-state index contributed by atoms with van der Waals surface area (Å²) in [6.07, 6.45) is -0.734. The number of piperazine rings is 1. The number of anilines is 1. The fourth-order valence-electron chi connectivity index (χ4n) is 3.44. The van der Waals surface area contributed by atoms with Crippen LogP contribution < -0.4 is 10.1 Å². The highest BCUT2D eigenvalue weighted by atomic mass is 35.5. The molecule has 0 radical (unpaired) electrons. The van der Waals surface area contributed by atoms with Gasteiger partial charge in [-0.05, 0) is 25.1 Å². The number of carbonyl (C=O) groups excluding carboxylic acids is 2. The van der Waals surface area contributed by atoms with Gasteiger partial charge in [-0.2, -0.15) is 4.31 Å². The van der Waals surface area contributed by atoms with Crippen LogP contribution in [-0.2, 0) is 14.8 Å². The van der Waals surface area contributed by atoms with E-state index in [9.17, 15) is 18.0 Å². The molecule has 1 atom stereocenters. The van der Waals surface area contributed by atoms with E-state index in [1.165, 1.54) is 16.4 Å². The fraction of sp³-hybridized carbons (Fsp3) is 0.300. The summed E-state index contributed by atoms with van der Waals surface area (Å²) in [4.78, 5) is 25.9. The highest BCUT2D eigenvalue weighted by Gasteiger charge is 2.34. The number of sulfonamides is 1. The third kappa shape index (κ3) is 3.76. The smallest absolute Gasteiger partial charge is 0.265 e. The van der Waals surface area contributed by atoms with Crippen molar-refractivity contribution in [3.05, 3.63) is 53.1 Å². The van der Waals surface area contributed by atoms with Gasteiger partial charge >= 0.3 is 0 Å². The summed E-state index contributed by atoms with van der Waals surface area (Å²) in [5.74, 6) is -0.200. The lowest BCUT2D eigenvalue weighted by atomic mass is 10.2. The summed E-state index contributed by atoms with van der Waals surface area (Å²) in [5, 5.41) is 2.64. The molecule has 8 nitrogen and oxygen atoms in total. The normalized spacial score (nSPS) is 19.6. The van der Waals surface area contributed by atoms with Gasteiger partial charge in [-0.3, -0.25) is 9.59 Å². The molecule has 2 aromatic rings. The third-order valence-corrected chi connectivity index (χ3v) is 7.49. The van der Waals surface area contributed by atoms with Crippen molar-refractivity contribution in [2.75, 3.05) is 31.5 Å². The zero-order chi connectivity index (χ0) is 21.5. The van der Waals surface area contributed by atoms with Gasteiger partial charge in [0, 0.05) is 37.8 Å². The van der Waals surface area contributed by atoms with Crippen molar-refractivity contribution in [2.45, 2.75) is 17.9 Å². The average molecular weight is 450 g/mol. The van der Waals surface area contributed by atoms with Crippen LogP contribution in [0.25, 0.3) is 0 Å². The lowest BCUT2D eigenvalue weighted by Gasteiger charge is -2.34. The Balaban J connectivity index is 1.52. The molecule has 0 unspecified atom stereocenters. The van der Waals surface area contributed by atoms with Crippen LogP contribution in [0.1, 0.15) is 17.3 Å². The molecule has 2 aliphatic rings. The van der Waals surface area contributed by atoms with Gasteiger partial charge in [0.2, 0.25) is 10.0 Å². The van der Waals surface area contributed by atoms with E-state index in [0.29, 0.717) is 11.3 Å². The van der Waals surface area contributed by atoms with Gasteiger partial charge in [0.15, 0.2) is 6.10 Å². The predicted molar refractivity (Wildman–Crippen MR) is 111 cm³/mol. The molecule has 2 heterocycles. The van der Waals surface area contributed by atoms with Crippen molar-refractivity contribution in [3.63, 3.8) is 0 Å². The lowest BCUT2D eigenvalue weighted by Crippen LogP contribution is -2.50. The minimum Gasteiger partial charge on any atom is -0.479 e. The van der Waals surface area contributed by atoms with E-state index in [1.54, 1.807) is 36.1 Å². The highest BCUT2D eigenvalue weighted by Crippen LogP contribution is 2.38. The van der Waals surface area contributed by atoms with Crippen LogP contribution in [0.4, 0.5) is 5.69 Å². The molecular formula is C20H20ClN3O5S. The van der Waals surface area contributed by atoms with Crippen LogP contribution in [0.3, 0.4) is 0 Å². The van der Waals surface area contributed by atoms with Gasteiger partial charge in [0.1, 0.15) is 10.6 Å². The van der Waals surface area contributed by atoms with Crippen LogP contribution in [0.15, 0.2) is 47.4 Å². The standard InChI is InChI=1S/C20H20ClN3O5S/c1-13-19(25)22-16-11-15(21)18(12-17(16)29-13)30(27,28)24-9-7-23(8-10-24)20(26)14-5-3-2-4-6-14/h2-6,11-13H,7-10H2,1H3,(H,22,25)/t13-/m0/s1. The van der Waals surface area contributed by atoms with Crippen molar-refractivity contribution in [3.8, 4) is 5.75 Å². The van der Waals surface area contributed by atoms with Gasteiger partial charge in [0.25, 0.3) is 11.8 Å². The molecule has 0 saturated carbocycles. The predicted octanol–water partition coefficient (Wildman–Crippen LogP) is 2.21. The molecule has 0 aliphatic carbocycles. The molecule has 2 amide bonds. The topological polar surface area (TPSA) is 96.0 Å². The van der Waals surface area contributed by atoms with Crippen LogP contribution in [0, 0.1) is 0 Å². The summed E-state index contributed by atoms with van der Waals surface area (Å²) in [5.41, 5.74) is 0.903. The Morgan fingerprint density at radius 3 is 2.47 bits per heavy atom. The molecule has 0 bridgehead atoms. The number of hydrogen-bond donors (Lipinski definition) is 1. The first-order valence-corrected chi connectivity index (χ1v) is 11.2. The van der Waals surface area contributed by atoms with Crippen LogP contribution in [0.2, 0.25) is 5.02 Å². The zero-order valence-corrected chi connectivity index (χ0v) is 17.7. The summed E-state index contributed by atoms with van der Waals surface area (Å²) < 4.78 is 33.2. The fourth-order valence-corrected chi connectivity index (χ4v) is 5.38. The first-order chi connectivity index (χ1) is 14.3. The number of rotatable bonds is 3. The molecule has 30 heavy (non-hydrogen) atoms. The van der Waals surface area contributed by atoms with E-state index < -0.39 is 16.1 Å². The van der Waals surface area contributed by atoms with Crippen molar-refractivity contribution < 1.29 is 22.7 Å². The van der Waals surface area contributed by atoms with Crippen LogP contribution in [0.5, 0.6) is 5.75 Å². The number of benzene rings is 2. The minimum absolute atomic E-state index is 0.00463. The Hall–Kier alpha value is -2.62. The number of nitrogens with one attached hydrogen (secondary N) is 1. The SMILES string of the molecule is C[C@@H]1Oc2cc(S(=O)(=O)N3CCN(C(=O)c4ccccc4)CC3)c(Cl)cc2NC1=O. The van der Waals surface area contributed by atoms with Crippen molar-refractivity contribution >= 4 is 39.1 Å². The molecule has 1 N–H and O–H groups in total. The maximum absolute atomic E-state index is 13.2. The quantitative estimate of drug-likeness (QED) is 0.775. The maximum Gasteiger partial charge on any atom is 0.265 e. The van der Waals surface area contributed by atoms with E-state index in [2.05, 4.69) is 5.32 Å². The van der Waals surface area contributed by atoms with E-state index in [1.807, 2.05) is 6.07 Å². The van der Waals surface area contributed by atoms with E-state index in [0.717, 1.165) is 0 Å². The number of hydrogen-bond acceptors (Lipinski definition) is 5. The molecule has 1 fully saturated rings. The number of carbonyl (C=O) groups is 2. The van der Waals surface area contributed by atoms with E-state index in [-0.39, 0.29) is 53.7 Å². The largest absolute Gasteiger partial charge is 0.479 e. The first-order valence-electron chi connectivity index (χ1n) is 9.43. The third-order valence-electron chi connectivity index (χ3n) is 5.13. The molecule has 0 spiro atoms. The molecule has 10 heteroatoms. The summed E-state index contributed by atoms with van der Waals surface area (Å²) >= 11 is 6.23. The number of nitrogens with zero attached hydrogens (tertiary/aromatic N) is 2. The second-order valence-corrected chi connectivity index (χ2v) is 9.40. The lowest BCUT2D eigenvalue weighted by molar-refractivity contribution is -0.122. The minimum atomic E-state index is -3.90.